The molecule has 10 N–H and O–H groups in total. The van der Waals surface area contributed by atoms with E-state index in [-0.39, 0.29) is 68.6 Å². The van der Waals surface area contributed by atoms with E-state index in [0.717, 1.165) is 65.5 Å². The van der Waals surface area contributed by atoms with E-state index < -0.39 is 42.5 Å². The van der Waals surface area contributed by atoms with Gasteiger partial charge in [0.05, 0.1) is 24.4 Å². The minimum Gasteiger partial charge on any atom is -0.508 e. The van der Waals surface area contributed by atoms with E-state index in [0.29, 0.717) is 44.9 Å². The molecular weight excluding hydrogens is 773 g/mol. The summed E-state index contributed by atoms with van der Waals surface area (Å²) in [5.74, 6) is 5.52. The second-order valence-electron chi connectivity index (χ2n) is 17.8. The monoisotopic (exact) mass is 847 g/mol. The molecule has 2 aromatic carbocycles. The van der Waals surface area contributed by atoms with E-state index in [2.05, 4.69) is 42.4 Å². The summed E-state index contributed by atoms with van der Waals surface area (Å²) in [6, 6.07) is 11.9. The predicted molar refractivity (Wildman–Crippen MR) is 240 cm³/mol. The number of carboxylic acids is 1. The lowest BCUT2D eigenvalue weighted by Gasteiger charge is -2.38. The topological polar surface area (TPSA) is 203 Å². The number of phenolic OH excluding ortho intramolecular Hbond substituents is 1. The van der Waals surface area contributed by atoms with Crippen LogP contribution in [0.4, 0.5) is 0 Å². The second-order valence-corrected chi connectivity index (χ2v) is 17.8. The molecular formula is C50H74N2O9. The fourth-order valence-electron chi connectivity index (χ4n) is 9.33. The zero-order chi connectivity index (χ0) is 44.4. The van der Waals surface area contributed by atoms with Gasteiger partial charge in [0.2, 0.25) is 0 Å². The van der Waals surface area contributed by atoms with Gasteiger partial charge in [-0.1, -0.05) is 80.9 Å². The molecule has 338 valence electrons. The van der Waals surface area contributed by atoms with Crippen molar-refractivity contribution in [1.29, 1.82) is 0 Å². The van der Waals surface area contributed by atoms with Crippen LogP contribution in [0.2, 0.25) is 0 Å². The molecule has 1 saturated heterocycles. The van der Waals surface area contributed by atoms with Gasteiger partial charge < -0.3 is 51.5 Å². The van der Waals surface area contributed by atoms with Gasteiger partial charge in [-0.15, -0.1) is 0 Å². The molecule has 0 amide bonds. The number of carboxylic acid groups (broad SMARTS) is 1. The maximum atomic E-state index is 12.6. The third-order valence-corrected chi connectivity index (χ3v) is 12.8. The van der Waals surface area contributed by atoms with Crippen LogP contribution < -0.4 is 10.6 Å². The van der Waals surface area contributed by atoms with Crippen LogP contribution in [0.25, 0.3) is 0 Å². The summed E-state index contributed by atoms with van der Waals surface area (Å²) >= 11 is 0. The number of allylic oxidation sites excluding steroid dienone is 2. The normalized spacial score (nSPS) is 25.9. The number of aliphatic carboxylic acids is 1. The van der Waals surface area contributed by atoms with Crippen molar-refractivity contribution >= 4 is 5.97 Å². The van der Waals surface area contributed by atoms with E-state index >= 15 is 0 Å². The first-order valence-electron chi connectivity index (χ1n) is 22.7. The van der Waals surface area contributed by atoms with Gasteiger partial charge in [0, 0.05) is 62.2 Å². The molecule has 4 rings (SSSR count). The first-order chi connectivity index (χ1) is 29.3. The summed E-state index contributed by atoms with van der Waals surface area (Å²) in [4.78, 5) is 12.1. The number of nitrogens with one attached hydrogen (secondary N) is 2. The van der Waals surface area contributed by atoms with Gasteiger partial charge in [0.25, 0.3) is 0 Å². The average Bonchev–Trinajstić information content (AvgIpc) is 3.37. The lowest BCUT2D eigenvalue weighted by molar-refractivity contribution is -0.139. The SMILES string of the molecule is CCCCC[C@H](O)/C=C/C1=C(\C[C@H](O)CO)[C@H](CCC[C@H]2N[C@@H](C)CC[C@H](CO)[C@@H]2CC(=O)O)N[C@@H]([C@@](C)(O)Cc2ccc(O)cc2CCO)CC#Cc2ccccc2CC1. The van der Waals surface area contributed by atoms with Crippen LogP contribution in [0.3, 0.4) is 0 Å². The minimum absolute atomic E-state index is 0.0543. The van der Waals surface area contributed by atoms with Crippen molar-refractivity contribution in [3.05, 3.63) is 88.0 Å². The largest absolute Gasteiger partial charge is 0.508 e. The van der Waals surface area contributed by atoms with Gasteiger partial charge in [-0.25, -0.2) is 0 Å². The van der Waals surface area contributed by atoms with Gasteiger partial charge in [0.1, 0.15) is 5.75 Å². The lowest BCUT2D eigenvalue weighted by Crippen LogP contribution is -2.54. The van der Waals surface area contributed by atoms with E-state index in [1.165, 1.54) is 0 Å². The fourth-order valence-corrected chi connectivity index (χ4v) is 9.33. The third kappa shape index (κ3) is 15.9. The molecule has 2 aromatic rings. The van der Waals surface area contributed by atoms with E-state index in [1.807, 2.05) is 30.4 Å². The number of benzene rings is 2. The van der Waals surface area contributed by atoms with E-state index in [1.54, 1.807) is 25.1 Å². The molecule has 0 saturated carbocycles. The summed E-state index contributed by atoms with van der Waals surface area (Å²) in [7, 11) is 0. The van der Waals surface area contributed by atoms with Gasteiger partial charge >= 0.3 is 5.97 Å². The van der Waals surface area contributed by atoms with Crippen molar-refractivity contribution in [3.8, 4) is 17.6 Å². The molecule has 61 heavy (non-hydrogen) atoms. The summed E-state index contributed by atoms with van der Waals surface area (Å²) < 4.78 is 0. The molecule has 0 spiro atoms. The highest BCUT2D eigenvalue weighted by Crippen LogP contribution is 2.34. The average molecular weight is 847 g/mol. The lowest BCUT2D eigenvalue weighted by atomic mass is 9.79. The number of carbonyl (C=O) groups is 1. The van der Waals surface area contributed by atoms with Crippen LogP contribution in [0.1, 0.15) is 126 Å². The molecule has 2 aliphatic heterocycles. The van der Waals surface area contributed by atoms with Crippen LogP contribution in [0.15, 0.2) is 65.8 Å². The summed E-state index contributed by atoms with van der Waals surface area (Å²) in [6.07, 6.45) is 11.0. The summed E-state index contributed by atoms with van der Waals surface area (Å²) in [6.45, 7) is 5.32. The molecule has 2 heterocycles. The summed E-state index contributed by atoms with van der Waals surface area (Å²) in [5, 5.41) is 93.2. The van der Waals surface area contributed by atoms with Crippen LogP contribution in [-0.4, -0.2) is 109 Å². The number of hydrogen-bond acceptors (Lipinski definition) is 10. The summed E-state index contributed by atoms with van der Waals surface area (Å²) in [5.41, 5.74) is 3.79. The number of hydrogen-bond donors (Lipinski definition) is 10. The Bertz CT molecular complexity index is 1780. The maximum Gasteiger partial charge on any atom is 0.303 e. The number of phenols is 1. The Morgan fingerprint density at radius 1 is 1.00 bits per heavy atom. The maximum absolute atomic E-state index is 12.6. The van der Waals surface area contributed by atoms with Crippen molar-refractivity contribution in [1.82, 2.24) is 10.6 Å². The number of rotatable bonds is 21. The molecule has 1 fully saturated rings. The van der Waals surface area contributed by atoms with Crippen LogP contribution in [0, 0.1) is 23.7 Å². The molecule has 0 unspecified atom stereocenters. The van der Waals surface area contributed by atoms with Crippen LogP contribution in [-0.2, 0) is 24.1 Å². The van der Waals surface area contributed by atoms with Gasteiger partial charge in [-0.3, -0.25) is 4.79 Å². The number of aliphatic hydroxyl groups is 6. The Morgan fingerprint density at radius 2 is 1.79 bits per heavy atom. The fraction of sp³-hybridized carbons (Fsp3) is 0.620. The Hall–Kier alpha value is -3.57. The Labute approximate surface area is 364 Å². The second kappa shape index (κ2) is 25.5. The number of unbranched alkanes of at least 4 members (excludes halogenated alkanes) is 2. The molecule has 0 aromatic heterocycles. The van der Waals surface area contributed by atoms with Crippen molar-refractivity contribution in [2.24, 2.45) is 11.8 Å². The highest BCUT2D eigenvalue weighted by Gasteiger charge is 2.37. The van der Waals surface area contributed by atoms with Crippen molar-refractivity contribution in [2.75, 3.05) is 19.8 Å². The molecule has 0 aliphatic carbocycles. The molecule has 0 bridgehead atoms. The smallest absolute Gasteiger partial charge is 0.303 e. The van der Waals surface area contributed by atoms with Crippen molar-refractivity contribution in [3.63, 3.8) is 0 Å². The van der Waals surface area contributed by atoms with E-state index in [4.69, 9.17) is 0 Å². The zero-order valence-electron chi connectivity index (χ0n) is 36.7. The Kier molecular flexibility index (Phi) is 20.9. The first-order valence-corrected chi connectivity index (χ1v) is 22.7. The van der Waals surface area contributed by atoms with Crippen LogP contribution >= 0.6 is 0 Å². The van der Waals surface area contributed by atoms with Crippen LogP contribution in [0.5, 0.6) is 5.75 Å². The van der Waals surface area contributed by atoms with Crippen molar-refractivity contribution < 1.29 is 45.6 Å². The van der Waals surface area contributed by atoms with Gasteiger partial charge in [-0.05, 0) is 130 Å². The number of aryl methyl sites for hydroxylation is 1. The predicted octanol–water partition coefficient (Wildman–Crippen LogP) is 5.48. The highest BCUT2D eigenvalue weighted by atomic mass is 16.4. The van der Waals surface area contributed by atoms with Crippen molar-refractivity contribution in [2.45, 2.75) is 165 Å². The number of fused-ring (bicyclic) bond motifs is 1. The third-order valence-electron chi connectivity index (χ3n) is 12.8. The molecule has 11 heteroatoms. The Morgan fingerprint density at radius 3 is 2.51 bits per heavy atom. The van der Waals surface area contributed by atoms with Gasteiger partial charge in [0.15, 0.2) is 0 Å². The number of aliphatic hydroxyl groups excluding tert-OH is 5. The first kappa shape index (κ1) is 50.1. The van der Waals surface area contributed by atoms with E-state index in [9.17, 15) is 45.6 Å². The standard InChI is InChI=1S/C50H74N2O9/c1-4-5-6-14-41(56)24-22-37-21-20-36-12-8-7-11-35(36)13-9-17-48(50(3,61)31-39-23-25-42(57)28-38(39)26-27-53)52-47(44(37)29-43(58)33-55)16-10-15-46-45(30-49(59)60)40(32-54)19-18-34(2)51-46/h7-8,11-12,22-25,28,34,40-41,43,45-48,51-58,61H,4-6,10,14-21,26-27,29-33H2,1-3H3,(H,59,60)/b24-22+,44-37+/t34-,40+,41-,43-,45-,46+,47-,48+,50-/m0/s1. The molecule has 0 radical (unpaired) electrons. The van der Waals surface area contributed by atoms with Gasteiger partial charge in [-0.2, -0.15) is 0 Å². The quantitative estimate of drug-likeness (QED) is 0.0563. The molecule has 2 aliphatic rings. The zero-order valence-corrected chi connectivity index (χ0v) is 36.7. The Balaban J connectivity index is 1.86. The highest BCUT2D eigenvalue weighted by molar-refractivity contribution is 5.67. The minimum atomic E-state index is -1.41. The molecule has 11 nitrogen and oxygen atoms in total. The molecule has 9 atom stereocenters. The number of aromatic hydroxyl groups is 1.